The van der Waals surface area contributed by atoms with E-state index in [9.17, 15) is 9.69 Å². The molecule has 1 aliphatic heterocycles. The number of ether oxygens (including phenoxy) is 4. The summed E-state index contributed by atoms with van der Waals surface area (Å²) in [6.45, 7) is 0.0732. The molecule has 0 amide bonds. The summed E-state index contributed by atoms with van der Waals surface area (Å²) in [5, 5.41) is 0. The molecule has 2 N–H and O–H groups in total. The Bertz CT molecular complexity index is 1720. The van der Waals surface area contributed by atoms with Crippen LogP contribution in [0.5, 0.6) is 11.5 Å². The van der Waals surface area contributed by atoms with Gasteiger partial charge in [-0.25, -0.2) is 13.7 Å². The Hall–Kier alpha value is -4.32. The van der Waals surface area contributed by atoms with E-state index >= 15 is 0 Å². The molecule has 0 saturated carbocycles. The normalized spacial score (nSPS) is 18.8. The molecule has 5 aromatic rings. The maximum atomic E-state index is 12.3. The van der Waals surface area contributed by atoms with Gasteiger partial charge in [0.25, 0.3) is 0 Å². The lowest BCUT2D eigenvalue weighted by Crippen LogP contribution is -2.38. The number of nitrogen functional groups attached to an aromatic ring is 1. The lowest BCUT2D eigenvalue weighted by Gasteiger charge is -2.37. The van der Waals surface area contributed by atoms with Crippen LogP contribution in [0.15, 0.2) is 96.1 Å². The molecule has 3 heterocycles. The van der Waals surface area contributed by atoms with Crippen molar-refractivity contribution in [1.82, 2.24) is 18.9 Å². The second kappa shape index (κ2) is 12.7. The SMILES string of the molecule is COc1ccc(C(OC[C@H]2O[C@@H](n3ccn4c(=O)nc(N)nc34)C[C@@H]2O[PH2+][O-])(c2ccccc2)c2ccc(OC)cc2)cc1. The van der Waals surface area contributed by atoms with Crippen LogP contribution in [0.2, 0.25) is 0 Å². The van der Waals surface area contributed by atoms with E-state index in [1.807, 2.05) is 78.9 Å². The smallest absolute Gasteiger partial charge is 0.357 e. The van der Waals surface area contributed by atoms with Crippen LogP contribution in [0.25, 0.3) is 5.78 Å². The number of benzene rings is 3. The maximum absolute atomic E-state index is 12.3. The number of anilines is 1. The van der Waals surface area contributed by atoms with E-state index in [4.69, 9.17) is 29.2 Å². The number of aromatic nitrogens is 4. The molecule has 44 heavy (non-hydrogen) atoms. The van der Waals surface area contributed by atoms with Crippen molar-refractivity contribution in [2.24, 2.45) is 0 Å². The lowest BCUT2D eigenvalue weighted by atomic mass is 9.80. The van der Waals surface area contributed by atoms with E-state index in [1.165, 1.54) is 4.40 Å². The van der Waals surface area contributed by atoms with Crippen molar-refractivity contribution in [3.63, 3.8) is 0 Å². The molecule has 2 aromatic heterocycles. The van der Waals surface area contributed by atoms with Crippen LogP contribution >= 0.6 is 9.03 Å². The van der Waals surface area contributed by atoms with Crippen molar-refractivity contribution < 1.29 is 28.4 Å². The molecular formula is C31H32N5O7P. The first-order valence-corrected chi connectivity index (χ1v) is 14.9. The number of nitrogens with two attached hydrogens (primary N) is 1. The van der Waals surface area contributed by atoms with E-state index in [-0.39, 0.29) is 18.3 Å². The van der Waals surface area contributed by atoms with Gasteiger partial charge >= 0.3 is 5.69 Å². The molecule has 4 atom stereocenters. The molecule has 1 unspecified atom stereocenters. The van der Waals surface area contributed by atoms with E-state index < -0.39 is 38.8 Å². The molecule has 1 fully saturated rings. The summed E-state index contributed by atoms with van der Waals surface area (Å²) >= 11 is 0. The molecule has 6 rings (SSSR count). The summed E-state index contributed by atoms with van der Waals surface area (Å²) in [5.41, 5.74) is 6.75. The molecule has 12 nitrogen and oxygen atoms in total. The van der Waals surface area contributed by atoms with Gasteiger partial charge in [-0.3, -0.25) is 4.57 Å². The van der Waals surface area contributed by atoms with E-state index in [2.05, 4.69) is 9.97 Å². The highest BCUT2D eigenvalue weighted by atomic mass is 31.1. The number of fused-ring (bicyclic) bond motifs is 1. The zero-order valence-corrected chi connectivity index (χ0v) is 25.3. The Balaban J connectivity index is 1.39. The fraction of sp³-hybridized carbons (Fsp3) is 0.258. The van der Waals surface area contributed by atoms with Crippen molar-refractivity contribution in [3.05, 3.63) is 118 Å². The molecule has 1 aliphatic rings. The summed E-state index contributed by atoms with van der Waals surface area (Å²) in [5.74, 6) is 1.55. The van der Waals surface area contributed by atoms with E-state index in [0.717, 1.165) is 16.7 Å². The van der Waals surface area contributed by atoms with Crippen molar-refractivity contribution in [3.8, 4) is 11.5 Å². The van der Waals surface area contributed by atoms with Gasteiger partial charge in [0.2, 0.25) is 11.7 Å². The Morgan fingerprint density at radius 3 is 2.14 bits per heavy atom. The first-order chi connectivity index (χ1) is 21.5. The topological polar surface area (TPSA) is 147 Å². The van der Waals surface area contributed by atoms with E-state index in [0.29, 0.717) is 17.9 Å². The lowest BCUT2D eigenvalue weighted by molar-refractivity contribution is -0.176. The second-order valence-corrected chi connectivity index (χ2v) is 10.7. The summed E-state index contributed by atoms with van der Waals surface area (Å²) in [7, 11) is 1.72. The highest BCUT2D eigenvalue weighted by molar-refractivity contribution is 7.23. The third-order valence-corrected chi connectivity index (χ3v) is 8.27. The zero-order chi connectivity index (χ0) is 30.7. The van der Waals surface area contributed by atoms with Crippen molar-refractivity contribution in [2.75, 3.05) is 26.6 Å². The average molecular weight is 618 g/mol. The molecular weight excluding hydrogens is 585 g/mol. The summed E-state index contributed by atoms with van der Waals surface area (Å²) < 4.78 is 33.0. The standard InChI is InChI=1S/C31H32N5O7P/c1-39-23-12-8-21(9-13-23)31(20-6-4-3-5-7-20,22-10-14-24(40-2)15-11-22)41-19-26-25(43-44-38)18-27(42-26)35-16-17-36-29(35)33-28(32)34-30(36)37/h3-17,25-27H,18-19,44H2,1-2H3,(H2,32,34,37)/t25-,26+,27+/m0/s1. The van der Waals surface area contributed by atoms with Crippen LogP contribution in [0.4, 0.5) is 5.95 Å². The van der Waals surface area contributed by atoms with Gasteiger partial charge < -0.3 is 29.6 Å². The Morgan fingerprint density at radius 1 is 0.932 bits per heavy atom. The zero-order valence-electron chi connectivity index (χ0n) is 24.1. The van der Waals surface area contributed by atoms with Crippen LogP contribution < -0.4 is 25.8 Å². The summed E-state index contributed by atoms with van der Waals surface area (Å²) in [4.78, 5) is 32.0. The summed E-state index contributed by atoms with van der Waals surface area (Å²) in [6.07, 6.45) is 1.80. The minimum absolute atomic E-state index is 0.0732. The molecule has 1 saturated heterocycles. The van der Waals surface area contributed by atoms with Crippen LogP contribution in [0.3, 0.4) is 0 Å². The first kappa shape index (κ1) is 29.7. The minimum atomic E-state index is -1.52. The maximum Gasteiger partial charge on any atom is 0.357 e. The number of methoxy groups -OCH3 is 2. The van der Waals surface area contributed by atoms with Gasteiger partial charge in [-0.2, -0.15) is 9.97 Å². The quantitative estimate of drug-likeness (QED) is 0.173. The van der Waals surface area contributed by atoms with Crippen LogP contribution in [-0.4, -0.2) is 52.0 Å². The van der Waals surface area contributed by atoms with Crippen molar-refractivity contribution in [1.29, 1.82) is 0 Å². The predicted octanol–water partition coefficient (Wildman–Crippen LogP) is 2.77. The Morgan fingerprint density at radius 2 is 1.55 bits per heavy atom. The highest BCUT2D eigenvalue weighted by Gasteiger charge is 2.43. The van der Waals surface area contributed by atoms with Crippen LogP contribution in [0, 0.1) is 0 Å². The number of imidazole rings is 1. The first-order valence-electron chi connectivity index (χ1n) is 13.9. The fourth-order valence-electron chi connectivity index (χ4n) is 5.68. The van der Waals surface area contributed by atoms with E-state index in [1.54, 1.807) is 31.2 Å². The summed E-state index contributed by atoms with van der Waals surface area (Å²) in [6, 6.07) is 25.3. The minimum Gasteiger partial charge on any atom is -0.659 e. The molecule has 0 bridgehead atoms. The number of hydrogen-bond acceptors (Lipinski definition) is 10. The number of nitrogens with zero attached hydrogens (tertiary/aromatic N) is 4. The van der Waals surface area contributed by atoms with Crippen LogP contribution in [0.1, 0.15) is 29.3 Å². The largest absolute Gasteiger partial charge is 0.659 e. The predicted molar refractivity (Wildman–Crippen MR) is 163 cm³/mol. The molecule has 0 radical (unpaired) electrons. The third-order valence-electron chi connectivity index (χ3n) is 7.81. The van der Waals surface area contributed by atoms with Gasteiger partial charge in [0.05, 0.1) is 29.9 Å². The van der Waals surface area contributed by atoms with Gasteiger partial charge in [0.1, 0.15) is 35.5 Å². The number of hydrogen-bond donors (Lipinski definition) is 1. The van der Waals surface area contributed by atoms with Gasteiger partial charge in [-0.15, -0.1) is 0 Å². The molecule has 228 valence electrons. The Labute approximate surface area is 254 Å². The van der Waals surface area contributed by atoms with Gasteiger partial charge in [-0.05, 0) is 41.0 Å². The Kier molecular flexibility index (Phi) is 8.60. The monoisotopic (exact) mass is 617 g/mol. The van der Waals surface area contributed by atoms with Crippen molar-refractivity contribution in [2.45, 2.75) is 30.5 Å². The number of rotatable bonds is 11. The average Bonchev–Trinajstić information content (AvgIpc) is 3.66. The third kappa shape index (κ3) is 5.54. The highest BCUT2D eigenvalue weighted by Crippen LogP contribution is 2.43. The van der Waals surface area contributed by atoms with Gasteiger partial charge in [-0.1, -0.05) is 54.6 Å². The van der Waals surface area contributed by atoms with Crippen LogP contribution in [-0.2, 0) is 19.6 Å². The fourth-order valence-corrected chi connectivity index (χ4v) is 6.11. The molecule has 0 aliphatic carbocycles. The second-order valence-electron chi connectivity index (χ2n) is 10.2. The molecule has 13 heteroatoms. The van der Waals surface area contributed by atoms with Crippen molar-refractivity contribution >= 4 is 20.8 Å². The molecule has 3 aromatic carbocycles. The van der Waals surface area contributed by atoms with Gasteiger partial charge in [0, 0.05) is 18.8 Å². The van der Waals surface area contributed by atoms with Gasteiger partial charge in [0.15, 0.2) is 0 Å². The molecule has 0 spiro atoms.